The van der Waals surface area contributed by atoms with Crippen molar-refractivity contribution in [1.82, 2.24) is 9.21 Å². The Kier molecular flexibility index (Phi) is 5.92. The SMILES string of the molecule is COC(=O)c1sccc1S(=O)(=O)N1CC(=O)N(CCc2ccccc2)C(=O)C1. The molecule has 3 rings (SSSR count). The minimum atomic E-state index is -4.19. The van der Waals surface area contributed by atoms with Gasteiger partial charge in [-0.1, -0.05) is 30.3 Å². The molecule has 0 spiro atoms. The van der Waals surface area contributed by atoms with Gasteiger partial charge in [0.2, 0.25) is 21.8 Å². The standard InChI is InChI=1S/C18H18N2O6S2/c1-26-18(23)17-14(8-10-27-17)28(24,25)19-11-15(21)20(16(22)12-19)9-7-13-5-3-2-4-6-13/h2-6,8,10H,7,9,11-12H2,1H3. The van der Waals surface area contributed by atoms with Gasteiger partial charge in [0.25, 0.3) is 0 Å². The first-order valence-corrected chi connectivity index (χ1v) is 10.7. The summed E-state index contributed by atoms with van der Waals surface area (Å²) in [6, 6.07) is 10.6. The molecule has 0 aliphatic carbocycles. The summed E-state index contributed by atoms with van der Waals surface area (Å²) in [5.74, 6) is -1.97. The number of benzene rings is 1. The quantitative estimate of drug-likeness (QED) is 0.511. The predicted molar refractivity (Wildman–Crippen MR) is 101 cm³/mol. The molecular weight excluding hydrogens is 404 g/mol. The van der Waals surface area contributed by atoms with Crippen LogP contribution in [0, 0.1) is 0 Å². The number of amides is 2. The molecule has 2 amide bonds. The summed E-state index contributed by atoms with van der Waals surface area (Å²) in [4.78, 5) is 37.4. The summed E-state index contributed by atoms with van der Waals surface area (Å²) in [6.07, 6.45) is 0.488. The number of sulfonamides is 1. The molecule has 1 fully saturated rings. The Morgan fingerprint density at radius 3 is 2.36 bits per heavy atom. The Labute approximate surface area is 166 Å². The fourth-order valence-electron chi connectivity index (χ4n) is 2.85. The van der Waals surface area contributed by atoms with Crippen LogP contribution in [0.15, 0.2) is 46.7 Å². The number of rotatable bonds is 6. The van der Waals surface area contributed by atoms with Crippen LogP contribution in [0.25, 0.3) is 0 Å². The maximum Gasteiger partial charge on any atom is 0.349 e. The van der Waals surface area contributed by atoms with E-state index in [2.05, 4.69) is 4.74 Å². The lowest BCUT2D eigenvalue weighted by Gasteiger charge is -2.32. The molecule has 8 nitrogen and oxygen atoms in total. The summed E-state index contributed by atoms with van der Waals surface area (Å²) in [5.41, 5.74) is 0.971. The highest BCUT2D eigenvalue weighted by Gasteiger charge is 2.39. The maximum atomic E-state index is 12.9. The van der Waals surface area contributed by atoms with Crippen LogP contribution in [0.2, 0.25) is 0 Å². The van der Waals surface area contributed by atoms with Gasteiger partial charge in [0.15, 0.2) is 0 Å². The highest BCUT2D eigenvalue weighted by molar-refractivity contribution is 7.89. The minimum absolute atomic E-state index is 0.0890. The van der Waals surface area contributed by atoms with Crippen molar-refractivity contribution in [3.63, 3.8) is 0 Å². The molecule has 1 aromatic heterocycles. The average molecular weight is 422 g/mol. The Hall–Kier alpha value is -2.56. The van der Waals surface area contributed by atoms with Crippen molar-refractivity contribution in [3.8, 4) is 0 Å². The first-order valence-electron chi connectivity index (χ1n) is 8.37. The first-order chi connectivity index (χ1) is 13.3. The number of imide groups is 1. The second-order valence-corrected chi connectivity index (χ2v) is 8.88. The van der Waals surface area contributed by atoms with Gasteiger partial charge < -0.3 is 4.74 Å². The summed E-state index contributed by atoms with van der Waals surface area (Å²) in [5, 5.41) is 1.44. The lowest BCUT2D eigenvalue weighted by molar-refractivity contribution is -0.149. The zero-order chi connectivity index (χ0) is 20.3. The number of ether oxygens (including phenoxy) is 1. The third-order valence-corrected chi connectivity index (χ3v) is 7.17. The van der Waals surface area contributed by atoms with Crippen molar-refractivity contribution in [2.24, 2.45) is 0 Å². The number of carbonyl (C=O) groups is 3. The van der Waals surface area contributed by atoms with Gasteiger partial charge in [-0.25, -0.2) is 13.2 Å². The molecule has 10 heteroatoms. The third-order valence-electron chi connectivity index (χ3n) is 4.31. The van der Waals surface area contributed by atoms with Crippen molar-refractivity contribution in [2.45, 2.75) is 11.3 Å². The highest BCUT2D eigenvalue weighted by atomic mass is 32.2. The van der Waals surface area contributed by atoms with Gasteiger partial charge in [-0.15, -0.1) is 11.3 Å². The molecule has 1 aromatic carbocycles. The third kappa shape index (κ3) is 3.98. The Morgan fingerprint density at radius 1 is 1.11 bits per heavy atom. The van der Waals surface area contributed by atoms with E-state index in [0.29, 0.717) is 6.42 Å². The number of thiophene rings is 1. The topological polar surface area (TPSA) is 101 Å². The van der Waals surface area contributed by atoms with E-state index in [9.17, 15) is 22.8 Å². The van der Waals surface area contributed by atoms with Crippen molar-refractivity contribution >= 4 is 39.1 Å². The second kappa shape index (κ2) is 8.21. The zero-order valence-corrected chi connectivity index (χ0v) is 16.7. The first kappa shape index (κ1) is 20.2. The van der Waals surface area contributed by atoms with Gasteiger partial charge in [-0.05, 0) is 23.4 Å². The summed E-state index contributed by atoms with van der Waals surface area (Å²) in [7, 11) is -3.04. The van der Waals surface area contributed by atoms with E-state index in [0.717, 1.165) is 33.2 Å². The van der Waals surface area contributed by atoms with Crippen LogP contribution in [-0.2, 0) is 30.8 Å². The van der Waals surface area contributed by atoms with Gasteiger partial charge in [-0.2, -0.15) is 4.31 Å². The van der Waals surface area contributed by atoms with Crippen LogP contribution in [-0.4, -0.2) is 62.2 Å². The smallest absolute Gasteiger partial charge is 0.349 e. The van der Waals surface area contributed by atoms with Crippen LogP contribution < -0.4 is 0 Å². The maximum absolute atomic E-state index is 12.9. The normalized spacial score (nSPS) is 15.7. The highest BCUT2D eigenvalue weighted by Crippen LogP contribution is 2.27. The molecule has 0 saturated carbocycles. The zero-order valence-electron chi connectivity index (χ0n) is 15.0. The van der Waals surface area contributed by atoms with Crippen molar-refractivity contribution in [2.75, 3.05) is 26.7 Å². The van der Waals surface area contributed by atoms with E-state index in [-0.39, 0.29) is 16.3 Å². The number of piperazine rings is 1. The van der Waals surface area contributed by atoms with Gasteiger partial charge in [0.05, 0.1) is 20.2 Å². The number of hydrogen-bond donors (Lipinski definition) is 0. The molecule has 1 aliphatic rings. The minimum Gasteiger partial charge on any atom is -0.465 e. The van der Waals surface area contributed by atoms with Gasteiger partial charge >= 0.3 is 5.97 Å². The van der Waals surface area contributed by atoms with Crippen molar-refractivity contribution < 1.29 is 27.5 Å². The number of esters is 1. The molecule has 148 valence electrons. The van der Waals surface area contributed by atoms with Gasteiger partial charge in [0, 0.05) is 6.54 Å². The molecular formula is C18H18N2O6S2. The van der Waals surface area contributed by atoms with E-state index >= 15 is 0 Å². The molecule has 0 radical (unpaired) electrons. The monoisotopic (exact) mass is 422 g/mol. The summed E-state index contributed by atoms with van der Waals surface area (Å²) in [6.45, 7) is -0.736. The Morgan fingerprint density at radius 2 is 1.75 bits per heavy atom. The molecule has 0 unspecified atom stereocenters. The second-order valence-electron chi connectivity index (χ2n) is 6.05. The van der Waals surface area contributed by atoms with Crippen LogP contribution in [0.1, 0.15) is 15.2 Å². The van der Waals surface area contributed by atoms with Crippen LogP contribution in [0.5, 0.6) is 0 Å². The number of hydrogen-bond acceptors (Lipinski definition) is 7. The summed E-state index contributed by atoms with van der Waals surface area (Å²) < 4.78 is 31.1. The van der Waals surface area contributed by atoms with E-state index in [1.165, 1.54) is 11.4 Å². The van der Waals surface area contributed by atoms with E-state index < -0.39 is 40.9 Å². The lowest BCUT2D eigenvalue weighted by atomic mass is 10.1. The Bertz CT molecular complexity index is 982. The predicted octanol–water partition coefficient (Wildman–Crippen LogP) is 1.14. The fraction of sp³-hybridized carbons (Fsp3) is 0.278. The number of carbonyl (C=O) groups excluding carboxylic acids is 3. The van der Waals surface area contributed by atoms with Crippen molar-refractivity contribution in [1.29, 1.82) is 0 Å². The molecule has 0 atom stereocenters. The van der Waals surface area contributed by atoms with E-state index in [1.54, 1.807) is 0 Å². The fourth-order valence-corrected chi connectivity index (χ4v) is 5.50. The molecule has 0 N–H and O–H groups in total. The average Bonchev–Trinajstić information content (AvgIpc) is 3.18. The lowest BCUT2D eigenvalue weighted by Crippen LogP contribution is -2.55. The van der Waals surface area contributed by atoms with Crippen LogP contribution in [0.3, 0.4) is 0 Å². The number of nitrogens with zero attached hydrogens (tertiary/aromatic N) is 2. The molecule has 28 heavy (non-hydrogen) atoms. The van der Waals surface area contributed by atoms with Crippen LogP contribution in [0.4, 0.5) is 0 Å². The molecule has 2 heterocycles. The largest absolute Gasteiger partial charge is 0.465 e. The van der Waals surface area contributed by atoms with E-state index in [4.69, 9.17) is 0 Å². The van der Waals surface area contributed by atoms with Gasteiger partial charge in [0.1, 0.15) is 9.77 Å². The number of methoxy groups -OCH3 is 1. The van der Waals surface area contributed by atoms with Crippen LogP contribution >= 0.6 is 11.3 Å². The molecule has 2 aromatic rings. The molecule has 0 bridgehead atoms. The molecule has 1 aliphatic heterocycles. The summed E-state index contributed by atoms with van der Waals surface area (Å²) >= 11 is 0.920. The van der Waals surface area contributed by atoms with Crippen molar-refractivity contribution in [3.05, 3.63) is 52.2 Å². The van der Waals surface area contributed by atoms with Gasteiger partial charge in [-0.3, -0.25) is 14.5 Å². The Balaban J connectivity index is 1.75. The molecule has 1 saturated heterocycles. The van der Waals surface area contributed by atoms with E-state index in [1.807, 2.05) is 30.3 Å².